The molecule has 1 aromatic rings. The smallest absolute Gasteiger partial charge is 0.191 e. The number of hydrogen-bond acceptors (Lipinski definition) is 2. The molecule has 0 amide bonds. The summed E-state index contributed by atoms with van der Waals surface area (Å²) in [4.78, 5) is 7.03. The summed E-state index contributed by atoms with van der Waals surface area (Å²) < 4.78 is 0. The molecule has 3 rings (SSSR count). The molecule has 2 atom stereocenters. The number of benzene rings is 1. The Bertz CT molecular complexity index is 532. The van der Waals surface area contributed by atoms with Gasteiger partial charge in [-0.1, -0.05) is 44.2 Å². The van der Waals surface area contributed by atoms with E-state index in [1.807, 2.05) is 7.05 Å². The zero-order valence-corrected chi connectivity index (χ0v) is 15.3. The third kappa shape index (κ3) is 4.73. The molecule has 4 heteroatoms. The normalized spacial score (nSPS) is 25.8. The van der Waals surface area contributed by atoms with Gasteiger partial charge in [-0.15, -0.1) is 0 Å². The van der Waals surface area contributed by atoms with Crippen molar-refractivity contribution < 1.29 is 0 Å². The number of nitrogens with one attached hydrogen (secondary N) is 2. The lowest BCUT2D eigenvalue weighted by atomic mass is 10.0. The van der Waals surface area contributed by atoms with Gasteiger partial charge in [0, 0.05) is 44.7 Å². The zero-order valence-electron chi connectivity index (χ0n) is 15.3. The average molecular weight is 329 g/mol. The molecule has 2 N–H and O–H groups in total. The van der Waals surface area contributed by atoms with Crippen LogP contribution in [0.25, 0.3) is 0 Å². The molecule has 2 fully saturated rings. The number of piperidine rings is 1. The van der Waals surface area contributed by atoms with E-state index < -0.39 is 0 Å². The lowest BCUT2D eigenvalue weighted by Gasteiger charge is -2.34. The van der Waals surface area contributed by atoms with Crippen LogP contribution in [0.1, 0.15) is 44.6 Å². The molecule has 2 aliphatic rings. The van der Waals surface area contributed by atoms with E-state index >= 15 is 0 Å². The fraction of sp³-hybridized carbons (Fsp3) is 0.650. The molecular weight excluding hydrogens is 296 g/mol. The number of nitrogens with zero attached hydrogens (tertiary/aromatic N) is 2. The fourth-order valence-electron chi connectivity index (χ4n) is 3.74. The fourth-order valence-corrected chi connectivity index (χ4v) is 3.74. The molecule has 24 heavy (non-hydrogen) atoms. The van der Waals surface area contributed by atoms with Crippen molar-refractivity contribution in [1.82, 2.24) is 15.5 Å². The number of hydrogen-bond donors (Lipinski definition) is 2. The first-order valence-electron chi connectivity index (χ1n) is 9.43. The Morgan fingerprint density at radius 2 is 1.88 bits per heavy atom. The maximum Gasteiger partial charge on any atom is 0.191 e. The van der Waals surface area contributed by atoms with Gasteiger partial charge in [0.05, 0.1) is 0 Å². The van der Waals surface area contributed by atoms with Gasteiger partial charge in [-0.2, -0.15) is 0 Å². The Hall–Kier alpha value is -1.55. The van der Waals surface area contributed by atoms with E-state index in [-0.39, 0.29) is 0 Å². The first-order chi connectivity index (χ1) is 11.7. The van der Waals surface area contributed by atoms with Gasteiger partial charge in [0.25, 0.3) is 0 Å². The largest absolute Gasteiger partial charge is 0.354 e. The Morgan fingerprint density at radius 3 is 2.50 bits per heavy atom. The minimum atomic E-state index is 0.527. The molecule has 0 spiro atoms. The Labute approximate surface area is 146 Å². The van der Waals surface area contributed by atoms with Gasteiger partial charge in [0.15, 0.2) is 5.96 Å². The van der Waals surface area contributed by atoms with Gasteiger partial charge in [-0.25, -0.2) is 0 Å². The maximum absolute atomic E-state index is 4.44. The predicted octanol–water partition coefficient (Wildman–Crippen LogP) is 2.83. The van der Waals surface area contributed by atoms with E-state index in [2.05, 4.69) is 64.7 Å². The molecule has 1 aliphatic carbocycles. The Kier molecular flexibility index (Phi) is 5.77. The minimum Gasteiger partial charge on any atom is -0.354 e. The molecule has 0 aromatic heterocycles. The van der Waals surface area contributed by atoms with Gasteiger partial charge in [-0.05, 0) is 30.7 Å². The molecule has 4 nitrogen and oxygen atoms in total. The number of rotatable bonds is 5. The van der Waals surface area contributed by atoms with Gasteiger partial charge >= 0.3 is 0 Å². The van der Waals surface area contributed by atoms with Crippen LogP contribution in [-0.4, -0.2) is 49.6 Å². The van der Waals surface area contributed by atoms with Gasteiger partial charge in [-0.3, -0.25) is 4.99 Å². The second-order valence-electron chi connectivity index (χ2n) is 7.69. The molecule has 1 heterocycles. The van der Waals surface area contributed by atoms with Crippen molar-refractivity contribution in [1.29, 1.82) is 0 Å². The topological polar surface area (TPSA) is 39.7 Å². The molecular formula is C20H32N4. The van der Waals surface area contributed by atoms with Crippen LogP contribution < -0.4 is 10.6 Å². The predicted molar refractivity (Wildman–Crippen MR) is 102 cm³/mol. The Balaban J connectivity index is 1.42. The van der Waals surface area contributed by atoms with Crippen molar-refractivity contribution in [2.75, 3.05) is 26.7 Å². The van der Waals surface area contributed by atoms with Crippen molar-refractivity contribution >= 4 is 5.96 Å². The van der Waals surface area contributed by atoms with E-state index in [4.69, 9.17) is 0 Å². The van der Waals surface area contributed by atoms with E-state index in [9.17, 15) is 0 Å². The summed E-state index contributed by atoms with van der Waals surface area (Å²) in [6.45, 7) is 8.22. The van der Waals surface area contributed by atoms with E-state index in [0.717, 1.165) is 11.9 Å². The minimum absolute atomic E-state index is 0.527. The molecule has 0 bridgehead atoms. The van der Waals surface area contributed by atoms with Crippen LogP contribution in [0.3, 0.4) is 0 Å². The number of aliphatic imine (C=N–C) groups is 1. The summed E-state index contributed by atoms with van der Waals surface area (Å²) >= 11 is 0. The summed E-state index contributed by atoms with van der Waals surface area (Å²) in [6, 6.07) is 11.9. The quantitative estimate of drug-likeness (QED) is 0.645. The van der Waals surface area contributed by atoms with E-state index in [0.29, 0.717) is 18.0 Å². The highest BCUT2D eigenvalue weighted by atomic mass is 15.2. The molecule has 1 saturated carbocycles. The van der Waals surface area contributed by atoms with Crippen LogP contribution in [0, 0.1) is 5.92 Å². The van der Waals surface area contributed by atoms with Crippen LogP contribution in [0.2, 0.25) is 0 Å². The van der Waals surface area contributed by atoms with Gasteiger partial charge in [0.2, 0.25) is 0 Å². The van der Waals surface area contributed by atoms with Crippen molar-refractivity contribution in [2.45, 2.75) is 51.1 Å². The first-order valence-corrected chi connectivity index (χ1v) is 9.43. The van der Waals surface area contributed by atoms with Crippen LogP contribution >= 0.6 is 0 Å². The SMILES string of the molecule is CN=C(NC1CCN(CC(C)C)CC1)NC1CC1c1ccccc1. The molecule has 1 saturated heterocycles. The van der Waals surface area contributed by atoms with Crippen LogP contribution in [0.5, 0.6) is 0 Å². The van der Waals surface area contributed by atoms with E-state index in [1.165, 1.54) is 44.5 Å². The summed E-state index contributed by atoms with van der Waals surface area (Å²) in [5, 5.41) is 7.24. The zero-order chi connectivity index (χ0) is 16.9. The van der Waals surface area contributed by atoms with Crippen molar-refractivity contribution in [2.24, 2.45) is 10.9 Å². The van der Waals surface area contributed by atoms with Crippen LogP contribution in [0.15, 0.2) is 35.3 Å². The highest BCUT2D eigenvalue weighted by molar-refractivity contribution is 5.80. The Morgan fingerprint density at radius 1 is 1.17 bits per heavy atom. The van der Waals surface area contributed by atoms with Gasteiger partial charge in [0.1, 0.15) is 0 Å². The van der Waals surface area contributed by atoms with Crippen molar-refractivity contribution in [3.63, 3.8) is 0 Å². The standard InChI is InChI=1S/C20H32N4/c1-15(2)14-24-11-9-17(10-12-24)22-20(21-3)23-19-13-18(19)16-7-5-4-6-8-16/h4-8,15,17-19H,9-14H2,1-3H3,(H2,21,22,23). The molecule has 132 valence electrons. The number of guanidine groups is 1. The maximum atomic E-state index is 4.44. The highest BCUT2D eigenvalue weighted by Crippen LogP contribution is 2.40. The van der Waals surface area contributed by atoms with Crippen molar-refractivity contribution in [3.8, 4) is 0 Å². The molecule has 1 aliphatic heterocycles. The molecule has 2 unspecified atom stereocenters. The lowest BCUT2D eigenvalue weighted by Crippen LogP contribution is -2.49. The lowest BCUT2D eigenvalue weighted by molar-refractivity contribution is 0.187. The van der Waals surface area contributed by atoms with Gasteiger partial charge < -0.3 is 15.5 Å². The highest BCUT2D eigenvalue weighted by Gasteiger charge is 2.39. The second-order valence-corrected chi connectivity index (χ2v) is 7.69. The van der Waals surface area contributed by atoms with Crippen molar-refractivity contribution in [3.05, 3.63) is 35.9 Å². The monoisotopic (exact) mass is 328 g/mol. The summed E-state index contributed by atoms with van der Waals surface area (Å²) in [5.41, 5.74) is 1.44. The van der Waals surface area contributed by atoms with Crippen LogP contribution in [0.4, 0.5) is 0 Å². The third-order valence-electron chi connectivity index (χ3n) is 5.12. The molecule has 1 aromatic carbocycles. The third-order valence-corrected chi connectivity index (χ3v) is 5.12. The summed E-state index contributed by atoms with van der Waals surface area (Å²) in [6.07, 6.45) is 3.62. The average Bonchev–Trinajstić information content (AvgIpc) is 3.35. The first kappa shape index (κ1) is 17.3. The van der Waals surface area contributed by atoms with E-state index in [1.54, 1.807) is 0 Å². The number of likely N-dealkylation sites (tertiary alicyclic amines) is 1. The summed E-state index contributed by atoms with van der Waals surface area (Å²) in [7, 11) is 1.88. The van der Waals surface area contributed by atoms with Crippen LogP contribution in [-0.2, 0) is 0 Å². The molecule has 0 radical (unpaired) electrons. The summed E-state index contributed by atoms with van der Waals surface area (Å²) in [5.74, 6) is 2.37. The second kappa shape index (κ2) is 8.02.